The Morgan fingerprint density at radius 1 is 1.23 bits per heavy atom. The van der Waals surface area contributed by atoms with Gasteiger partial charge in [0.25, 0.3) is 0 Å². The molecule has 1 atom stereocenters. The van der Waals surface area contributed by atoms with E-state index < -0.39 is 0 Å². The molecule has 1 aromatic heterocycles. The Hall–Kier alpha value is -1.76. The van der Waals surface area contributed by atoms with Crippen LogP contribution in [0.4, 0.5) is 0 Å². The Labute approximate surface area is 159 Å². The highest BCUT2D eigenvalue weighted by atomic mass is 14.7. The molecule has 0 bridgehead atoms. The van der Waals surface area contributed by atoms with Gasteiger partial charge in [0, 0.05) is 22.7 Å². The zero-order chi connectivity index (χ0) is 18.4. The first-order valence-electron chi connectivity index (χ1n) is 10.7. The summed E-state index contributed by atoms with van der Waals surface area (Å²) >= 11 is 0. The zero-order valence-corrected chi connectivity index (χ0v) is 16.9. The fourth-order valence-electron chi connectivity index (χ4n) is 4.27. The molecular formula is C25H35N. The lowest BCUT2D eigenvalue weighted by atomic mass is 9.89. The lowest BCUT2D eigenvalue weighted by molar-refractivity contribution is 0.517. The molecule has 1 unspecified atom stereocenters. The summed E-state index contributed by atoms with van der Waals surface area (Å²) in [6.45, 7) is 6.95. The van der Waals surface area contributed by atoms with E-state index in [1.165, 1.54) is 79.0 Å². The zero-order valence-electron chi connectivity index (χ0n) is 16.9. The molecule has 0 saturated carbocycles. The van der Waals surface area contributed by atoms with Crippen molar-refractivity contribution < 1.29 is 0 Å². The van der Waals surface area contributed by atoms with E-state index in [1.54, 1.807) is 5.57 Å². The van der Waals surface area contributed by atoms with Crippen molar-refractivity contribution in [1.82, 2.24) is 4.98 Å². The largest absolute Gasteiger partial charge is 0.361 e. The fourth-order valence-corrected chi connectivity index (χ4v) is 4.27. The van der Waals surface area contributed by atoms with Gasteiger partial charge >= 0.3 is 0 Å². The number of unbranched alkanes of at least 4 members (excludes halogenated alkanes) is 1. The third kappa shape index (κ3) is 4.50. The third-order valence-electron chi connectivity index (χ3n) is 5.76. The number of fused-ring (bicyclic) bond motifs is 1. The van der Waals surface area contributed by atoms with Gasteiger partial charge in [-0.1, -0.05) is 58.3 Å². The predicted octanol–water partition coefficient (Wildman–Crippen LogP) is 8.14. The summed E-state index contributed by atoms with van der Waals surface area (Å²) in [6, 6.07) is 7.00. The minimum Gasteiger partial charge on any atom is -0.361 e. The molecule has 1 nitrogen and oxygen atoms in total. The first kappa shape index (κ1) is 19.0. The number of allylic oxidation sites excluding steroid dienone is 4. The first-order valence-corrected chi connectivity index (χ1v) is 10.7. The lowest BCUT2D eigenvalue weighted by Gasteiger charge is -2.15. The number of H-pyrrole nitrogens is 1. The second-order valence-corrected chi connectivity index (χ2v) is 8.03. The highest BCUT2D eigenvalue weighted by Gasteiger charge is 2.14. The molecular weight excluding hydrogens is 314 g/mol. The van der Waals surface area contributed by atoms with E-state index in [1.807, 2.05) is 0 Å². The normalized spacial score (nSPS) is 16.7. The molecule has 0 fully saturated rings. The molecule has 1 aliphatic rings. The minimum absolute atomic E-state index is 0.752. The minimum atomic E-state index is 0.752. The summed E-state index contributed by atoms with van der Waals surface area (Å²) in [5.74, 6) is 0.752. The Morgan fingerprint density at radius 3 is 2.85 bits per heavy atom. The van der Waals surface area contributed by atoms with Crippen molar-refractivity contribution in [2.24, 2.45) is 5.92 Å². The van der Waals surface area contributed by atoms with Gasteiger partial charge < -0.3 is 4.98 Å². The molecule has 0 amide bonds. The van der Waals surface area contributed by atoms with Gasteiger partial charge in [-0.3, -0.25) is 0 Å². The summed E-state index contributed by atoms with van der Waals surface area (Å²) in [7, 11) is 0. The second kappa shape index (κ2) is 9.26. The molecule has 3 rings (SSSR count). The maximum atomic E-state index is 3.51. The third-order valence-corrected chi connectivity index (χ3v) is 5.76. The lowest BCUT2D eigenvalue weighted by Crippen LogP contribution is -1.97. The molecule has 0 radical (unpaired) electrons. The summed E-state index contributed by atoms with van der Waals surface area (Å²) in [4.78, 5) is 3.51. The Morgan fingerprint density at radius 2 is 2.12 bits per heavy atom. The van der Waals surface area contributed by atoms with E-state index in [4.69, 9.17) is 0 Å². The molecule has 140 valence electrons. The molecule has 26 heavy (non-hydrogen) atoms. The average Bonchev–Trinajstić information content (AvgIpc) is 3.10. The number of rotatable bonds is 8. The van der Waals surface area contributed by atoms with Crippen LogP contribution in [0.2, 0.25) is 0 Å². The predicted molar refractivity (Wildman–Crippen MR) is 116 cm³/mol. The molecule has 1 heterocycles. The Kier molecular flexibility index (Phi) is 6.77. The molecule has 1 N–H and O–H groups in total. The van der Waals surface area contributed by atoms with Gasteiger partial charge in [0.05, 0.1) is 0 Å². The average molecular weight is 350 g/mol. The van der Waals surface area contributed by atoms with Crippen molar-refractivity contribution >= 4 is 22.0 Å². The highest BCUT2D eigenvalue weighted by Crippen LogP contribution is 2.34. The second-order valence-electron chi connectivity index (χ2n) is 8.03. The number of aromatic amines is 1. The van der Waals surface area contributed by atoms with Crippen LogP contribution in [-0.4, -0.2) is 4.98 Å². The van der Waals surface area contributed by atoms with Gasteiger partial charge in [0.15, 0.2) is 0 Å². The van der Waals surface area contributed by atoms with Gasteiger partial charge in [-0.25, -0.2) is 0 Å². The standard InChI is InChI=1S/C25H35N/c1-4-6-11-19(3)16-22(10-5-2)24-18-26-25-15-14-21(17-23(24)25)20-12-8-7-9-13-20/h10,12,14-15,17-19,26H,4-9,11,13,16H2,1-3H3/b22-10+. The molecule has 1 aromatic carbocycles. The van der Waals surface area contributed by atoms with Crippen LogP contribution in [0.15, 0.2) is 36.5 Å². The van der Waals surface area contributed by atoms with E-state index in [0.717, 1.165) is 12.3 Å². The molecule has 2 aromatic rings. The molecule has 0 saturated heterocycles. The monoisotopic (exact) mass is 349 g/mol. The SMILES string of the molecule is CC/C=C(\CC(C)CCCC)c1c[nH]c2ccc(C3=CCCCC3)cc12. The van der Waals surface area contributed by atoms with Crippen LogP contribution < -0.4 is 0 Å². The van der Waals surface area contributed by atoms with Crippen molar-refractivity contribution in [2.45, 2.75) is 78.6 Å². The highest BCUT2D eigenvalue weighted by molar-refractivity contribution is 5.94. The Bertz CT molecular complexity index is 775. The van der Waals surface area contributed by atoms with Crippen LogP contribution in [0.3, 0.4) is 0 Å². The van der Waals surface area contributed by atoms with Gasteiger partial charge in [-0.05, 0) is 73.3 Å². The van der Waals surface area contributed by atoms with Crippen molar-refractivity contribution in [3.05, 3.63) is 47.7 Å². The summed E-state index contributed by atoms with van der Waals surface area (Å²) < 4.78 is 0. The fraction of sp³-hybridized carbons (Fsp3) is 0.520. The molecule has 0 aliphatic heterocycles. The number of aromatic nitrogens is 1. The van der Waals surface area contributed by atoms with Gasteiger partial charge in [0.2, 0.25) is 0 Å². The van der Waals surface area contributed by atoms with E-state index in [0.29, 0.717) is 0 Å². The van der Waals surface area contributed by atoms with E-state index >= 15 is 0 Å². The van der Waals surface area contributed by atoms with Crippen LogP contribution in [-0.2, 0) is 0 Å². The molecule has 1 aliphatic carbocycles. The number of hydrogen-bond donors (Lipinski definition) is 1. The summed E-state index contributed by atoms with van der Waals surface area (Å²) in [5, 5.41) is 1.40. The number of hydrogen-bond acceptors (Lipinski definition) is 0. The van der Waals surface area contributed by atoms with Crippen LogP contribution in [0.5, 0.6) is 0 Å². The number of benzene rings is 1. The molecule has 1 heteroatoms. The van der Waals surface area contributed by atoms with Gasteiger partial charge in [-0.2, -0.15) is 0 Å². The smallest absolute Gasteiger partial charge is 0.0460 e. The Balaban J connectivity index is 1.91. The van der Waals surface area contributed by atoms with Gasteiger partial charge in [0.1, 0.15) is 0 Å². The first-order chi connectivity index (χ1) is 12.7. The van der Waals surface area contributed by atoms with E-state index in [9.17, 15) is 0 Å². The van der Waals surface area contributed by atoms with Crippen molar-refractivity contribution in [1.29, 1.82) is 0 Å². The van der Waals surface area contributed by atoms with Gasteiger partial charge in [-0.15, -0.1) is 0 Å². The topological polar surface area (TPSA) is 15.8 Å². The molecule has 0 spiro atoms. The van der Waals surface area contributed by atoms with Crippen molar-refractivity contribution in [3.63, 3.8) is 0 Å². The van der Waals surface area contributed by atoms with Crippen LogP contribution >= 0.6 is 0 Å². The maximum Gasteiger partial charge on any atom is 0.0460 e. The van der Waals surface area contributed by atoms with Crippen molar-refractivity contribution in [3.8, 4) is 0 Å². The van der Waals surface area contributed by atoms with Crippen LogP contribution in [0.1, 0.15) is 89.7 Å². The van der Waals surface area contributed by atoms with E-state index in [-0.39, 0.29) is 0 Å². The van der Waals surface area contributed by atoms with Crippen LogP contribution in [0.25, 0.3) is 22.0 Å². The van der Waals surface area contributed by atoms with E-state index in [2.05, 4.69) is 62.3 Å². The van der Waals surface area contributed by atoms with Crippen LogP contribution in [0, 0.1) is 5.92 Å². The number of nitrogens with one attached hydrogen (secondary N) is 1. The summed E-state index contributed by atoms with van der Waals surface area (Å²) in [5.41, 5.74) is 7.18. The summed E-state index contributed by atoms with van der Waals surface area (Å²) in [6.07, 6.45) is 18.5. The quantitative estimate of drug-likeness (QED) is 0.495. The van der Waals surface area contributed by atoms with Crippen molar-refractivity contribution in [2.75, 3.05) is 0 Å². The maximum absolute atomic E-state index is 3.51.